The molecule has 0 saturated heterocycles. The van der Waals surface area contributed by atoms with Gasteiger partial charge in [-0.3, -0.25) is 19.5 Å². The molecule has 0 aliphatic carbocycles. The average molecular weight is 1270 g/mol. The molecule has 0 saturated carbocycles. The minimum Gasteiger partial charge on any atom is -0.481 e. The standard InChI is InChI=1S/2C20H27N5O3S.C13H17NO2.C7H12N4O2S/c1-12(2)13-4-5-17-16(10-13)14(6-8-22-17)20(26)25-18-11-24(29(3,27)28)9-7-15(18)19(21)23-25;1-12(2)13-4-5-17-16(10-13)14(6-8-22-17)20(26)25-19(21)15-7-9-24(29(3,27)28)11-18(15)23-25;1-8(2)9-3-4-12-11(7-9)10(13(15)16)5-6-14-12;1-14(12,13)11-3-2-5-6(4-11)9-10-7(5)8/h4-5,10,12,14,22H,6-9,11H2,1-3H3,(H2,21,23);4-5,10,12,14,22H,6-9,11,21H2,1-3H3;3-4,7-8,10,14H,5-6H2,1-2H3,(H,15,16);2-4H2,1H3,(H3,8,9,10). The molecule has 0 amide bonds. The Balaban J connectivity index is 0.000000146. The van der Waals surface area contributed by atoms with Gasteiger partial charge in [-0.25, -0.2) is 29.9 Å². The number of benzene rings is 3. The molecule has 6 aromatic rings. The zero-order valence-electron chi connectivity index (χ0n) is 51.4. The summed E-state index contributed by atoms with van der Waals surface area (Å²) in [6.45, 7) is 16.7. The molecule has 25 nitrogen and oxygen atoms in total. The van der Waals surface area contributed by atoms with Gasteiger partial charge >= 0.3 is 5.97 Å². The highest BCUT2D eigenvalue weighted by atomic mass is 32.2. The van der Waals surface area contributed by atoms with Crippen molar-refractivity contribution in [2.24, 2.45) is 0 Å². The minimum atomic E-state index is -3.36. The Bertz CT molecular complexity index is 3990. The number of carboxylic acid groups (broad SMARTS) is 1. The van der Waals surface area contributed by atoms with Gasteiger partial charge in [0.15, 0.2) is 0 Å². The first-order chi connectivity index (χ1) is 41.4. The second-order valence-electron chi connectivity index (χ2n) is 24.4. The molecule has 0 bridgehead atoms. The van der Waals surface area contributed by atoms with Crippen molar-refractivity contribution in [2.75, 3.05) is 91.2 Å². The lowest BCUT2D eigenvalue weighted by atomic mass is 9.87. The number of H-pyrrole nitrogens is 1. The zero-order valence-corrected chi connectivity index (χ0v) is 53.9. The Labute approximate surface area is 515 Å². The molecule has 9 heterocycles. The van der Waals surface area contributed by atoms with Crippen LogP contribution in [-0.2, 0) is 73.8 Å². The number of nitrogens with one attached hydrogen (secondary N) is 4. The highest BCUT2D eigenvalue weighted by Gasteiger charge is 2.37. The van der Waals surface area contributed by atoms with Crippen molar-refractivity contribution in [3.8, 4) is 0 Å². The summed E-state index contributed by atoms with van der Waals surface area (Å²) in [5, 5.41) is 34.5. The molecule has 476 valence electrons. The number of carbonyl (C=O) groups excluding carboxylic acids is 2. The third-order valence-corrected chi connectivity index (χ3v) is 21.1. The Kier molecular flexibility index (Phi) is 19.2. The number of sulfonamides is 3. The van der Waals surface area contributed by atoms with Crippen molar-refractivity contribution < 1.29 is 44.7 Å². The Hall–Kier alpha value is -7.37. The quantitative estimate of drug-likeness (QED) is 0.0776. The number of nitrogen functional groups attached to an aromatic ring is 3. The number of fused-ring (bicyclic) bond motifs is 6. The lowest BCUT2D eigenvalue weighted by molar-refractivity contribution is -0.139. The Morgan fingerprint density at radius 2 is 0.943 bits per heavy atom. The van der Waals surface area contributed by atoms with Gasteiger partial charge in [0.1, 0.15) is 17.5 Å². The summed E-state index contributed by atoms with van der Waals surface area (Å²) >= 11 is 0. The van der Waals surface area contributed by atoms with Crippen molar-refractivity contribution in [1.82, 2.24) is 42.7 Å². The largest absolute Gasteiger partial charge is 0.481 e. The fourth-order valence-corrected chi connectivity index (χ4v) is 14.4. The summed E-state index contributed by atoms with van der Waals surface area (Å²) in [6, 6.07) is 18.5. The maximum absolute atomic E-state index is 13.5. The molecule has 11 N–H and O–H groups in total. The third kappa shape index (κ3) is 14.1. The van der Waals surface area contributed by atoms with Crippen LogP contribution < -0.4 is 33.2 Å². The summed E-state index contributed by atoms with van der Waals surface area (Å²) in [5.41, 5.74) is 31.8. The summed E-state index contributed by atoms with van der Waals surface area (Å²) in [7, 11) is -9.79. The van der Waals surface area contributed by atoms with E-state index in [1.165, 1.54) is 57.7 Å². The van der Waals surface area contributed by atoms with Crippen LogP contribution in [0, 0.1) is 0 Å². The van der Waals surface area contributed by atoms with Gasteiger partial charge in [-0.05, 0) is 108 Å². The minimum absolute atomic E-state index is 0.119. The second kappa shape index (κ2) is 26.0. The highest BCUT2D eigenvalue weighted by molar-refractivity contribution is 7.88. The van der Waals surface area contributed by atoms with Gasteiger partial charge in [0.25, 0.3) is 11.8 Å². The average Bonchev–Trinajstić information content (AvgIpc) is 3.23. The normalized spacial score (nSPS) is 19.2. The summed E-state index contributed by atoms with van der Waals surface area (Å²) < 4.78 is 77.1. The van der Waals surface area contributed by atoms with E-state index in [9.17, 15) is 44.7 Å². The maximum atomic E-state index is 13.5. The first kappa shape index (κ1) is 65.1. The molecule has 0 radical (unpaired) electrons. The van der Waals surface area contributed by atoms with Crippen LogP contribution in [0.25, 0.3) is 0 Å². The molecule has 12 rings (SSSR count). The van der Waals surface area contributed by atoms with Crippen molar-refractivity contribution in [3.05, 3.63) is 122 Å². The van der Waals surface area contributed by atoms with Crippen molar-refractivity contribution in [3.63, 3.8) is 0 Å². The lowest BCUT2D eigenvalue weighted by Crippen LogP contribution is -2.37. The molecule has 3 aromatic heterocycles. The number of nitrogens with zero attached hydrogens (tertiary/aromatic N) is 8. The van der Waals surface area contributed by atoms with Crippen LogP contribution in [-0.4, -0.2) is 149 Å². The first-order valence-electron chi connectivity index (χ1n) is 29.7. The predicted molar refractivity (Wildman–Crippen MR) is 341 cm³/mol. The van der Waals surface area contributed by atoms with Gasteiger partial charge < -0.3 is 38.3 Å². The first-order valence-corrected chi connectivity index (χ1v) is 35.3. The lowest BCUT2D eigenvalue weighted by Gasteiger charge is -2.28. The van der Waals surface area contributed by atoms with E-state index in [1.54, 1.807) is 0 Å². The Morgan fingerprint density at radius 3 is 1.40 bits per heavy atom. The zero-order chi connectivity index (χ0) is 63.9. The van der Waals surface area contributed by atoms with Gasteiger partial charge in [0, 0.05) is 73.0 Å². The highest BCUT2D eigenvalue weighted by Crippen LogP contribution is 2.39. The molecule has 3 atom stereocenters. The molecule has 6 aliphatic heterocycles. The van der Waals surface area contributed by atoms with Gasteiger partial charge in [-0.15, -0.1) is 5.10 Å². The van der Waals surface area contributed by atoms with Crippen molar-refractivity contribution in [1.29, 1.82) is 0 Å². The maximum Gasteiger partial charge on any atom is 0.311 e. The summed E-state index contributed by atoms with van der Waals surface area (Å²) in [5.74, 6) is 0.208. The third-order valence-electron chi connectivity index (χ3n) is 17.3. The summed E-state index contributed by atoms with van der Waals surface area (Å²) in [4.78, 5) is 38.1. The van der Waals surface area contributed by atoms with Crippen LogP contribution in [0.5, 0.6) is 0 Å². The Morgan fingerprint density at radius 1 is 0.534 bits per heavy atom. The summed E-state index contributed by atoms with van der Waals surface area (Å²) in [6.07, 6.45) is 7.10. The molecule has 88 heavy (non-hydrogen) atoms. The monoisotopic (exact) mass is 1270 g/mol. The SMILES string of the molecule is CC(C)c1ccc2c(c1)C(C(=O)O)CCN2.CC(C)c1ccc2c(c1)C(C(=O)n1nc(N)c3c1CN(S(C)(=O)=O)CC3)CCN2.CC(C)c1ccc2c(c1)C(C(=O)n1nc3c(c1N)CCN(S(C)(=O)=O)C3)CCN2.CS(=O)(=O)N1CCc2c(N)n[nH]c2C1. The van der Waals surface area contributed by atoms with Crippen molar-refractivity contribution in [2.45, 2.75) is 135 Å². The van der Waals surface area contributed by atoms with E-state index in [0.717, 1.165) is 62.7 Å². The van der Waals surface area contributed by atoms with E-state index in [-0.39, 0.29) is 42.7 Å². The van der Waals surface area contributed by atoms with Crippen LogP contribution in [0.2, 0.25) is 0 Å². The molecular weight excluding hydrogens is 1190 g/mol. The second-order valence-corrected chi connectivity index (χ2v) is 30.3. The van der Waals surface area contributed by atoms with Crippen molar-refractivity contribution >= 4 is 82.4 Å². The van der Waals surface area contributed by atoms with Crippen LogP contribution >= 0.6 is 0 Å². The number of aromatic nitrogens is 6. The molecule has 3 unspecified atom stereocenters. The van der Waals surface area contributed by atoms with Gasteiger partial charge in [0.2, 0.25) is 30.1 Å². The smallest absolute Gasteiger partial charge is 0.311 e. The van der Waals surface area contributed by atoms with E-state index in [0.29, 0.717) is 124 Å². The molecule has 0 fully saturated rings. The number of carbonyl (C=O) groups is 3. The van der Waals surface area contributed by atoms with E-state index in [1.807, 2.05) is 24.3 Å². The van der Waals surface area contributed by atoms with Crippen LogP contribution in [0.4, 0.5) is 34.5 Å². The number of nitrogens with two attached hydrogens (primary N) is 3. The number of aliphatic carboxylic acids is 1. The van der Waals surface area contributed by atoms with Crippen LogP contribution in [0.3, 0.4) is 0 Å². The number of rotatable bonds is 9. The number of hydrogen-bond acceptors (Lipinski definition) is 18. The number of anilines is 6. The van der Waals surface area contributed by atoms with Gasteiger partial charge in [0.05, 0.1) is 73.2 Å². The fraction of sp³-hybridized carbons (Fsp3) is 0.500. The topological polar surface area (TPSA) is 362 Å². The van der Waals surface area contributed by atoms with E-state index in [4.69, 9.17) is 17.2 Å². The van der Waals surface area contributed by atoms with Gasteiger partial charge in [-0.1, -0.05) is 77.9 Å². The molecule has 0 spiro atoms. The molecule has 3 aromatic carbocycles. The number of carboxylic acids is 1. The molecule has 6 aliphatic rings. The van der Waals surface area contributed by atoms with Crippen LogP contribution in [0.15, 0.2) is 54.6 Å². The molecule has 28 heteroatoms. The number of aromatic amines is 1. The van der Waals surface area contributed by atoms with E-state index < -0.39 is 36.0 Å². The van der Waals surface area contributed by atoms with Crippen LogP contribution in [0.1, 0.15) is 173 Å². The number of hydrogen-bond donors (Lipinski definition) is 8. The predicted octanol–water partition coefficient (Wildman–Crippen LogP) is 6.40. The van der Waals surface area contributed by atoms with E-state index in [2.05, 4.69) is 108 Å². The van der Waals surface area contributed by atoms with Gasteiger partial charge in [-0.2, -0.15) is 27.8 Å². The fourth-order valence-electron chi connectivity index (χ4n) is 12.1. The van der Waals surface area contributed by atoms with E-state index >= 15 is 0 Å². The molecular formula is C60H83N15O10S3.